The minimum absolute atomic E-state index is 0.329. The number of primary amides is 1. The van der Waals surface area contributed by atoms with Gasteiger partial charge in [-0.2, -0.15) is 0 Å². The van der Waals surface area contributed by atoms with E-state index in [1.54, 1.807) is 0 Å². The quantitative estimate of drug-likeness (QED) is 0.255. The number of nitrogens with one attached hydrogen (secondary N) is 1. The van der Waals surface area contributed by atoms with Crippen LogP contribution in [0.15, 0.2) is 0 Å². The van der Waals surface area contributed by atoms with Crippen molar-refractivity contribution in [2.75, 3.05) is 6.54 Å². The van der Waals surface area contributed by atoms with Crippen LogP contribution in [0.3, 0.4) is 0 Å². The molecule has 0 saturated carbocycles. The highest BCUT2D eigenvalue weighted by atomic mass is 31.1. The second kappa shape index (κ2) is 10.2. The topological polar surface area (TPSA) is 176 Å². The van der Waals surface area contributed by atoms with Crippen LogP contribution in [-0.2, 0) is 9.36 Å². The maximum absolute atomic E-state index is 10.2. The summed E-state index contributed by atoms with van der Waals surface area (Å²) in [6, 6.07) is -1.47. The van der Waals surface area contributed by atoms with Crippen molar-refractivity contribution < 1.29 is 29.0 Å². The van der Waals surface area contributed by atoms with Crippen LogP contribution in [0.4, 0.5) is 4.79 Å². The molecule has 0 unspecified atom stereocenters. The molecule has 0 bridgehead atoms. The third kappa shape index (κ3) is 18.5. The van der Waals surface area contributed by atoms with Gasteiger partial charge in [-0.1, -0.05) is 0 Å². The number of urea groups is 1. The van der Waals surface area contributed by atoms with Crippen LogP contribution < -0.4 is 16.8 Å². The average molecular weight is 256 g/mol. The summed E-state index contributed by atoms with van der Waals surface area (Å²) in [6.07, 6.45) is 0.839. The zero-order chi connectivity index (χ0) is 13.1. The van der Waals surface area contributed by atoms with Crippen molar-refractivity contribution in [2.45, 2.75) is 18.9 Å². The van der Waals surface area contributed by atoms with Crippen molar-refractivity contribution in [3.63, 3.8) is 0 Å². The first-order valence-corrected chi connectivity index (χ1v) is 5.30. The van der Waals surface area contributed by atoms with Gasteiger partial charge in [-0.25, -0.2) is 4.79 Å². The Labute approximate surface area is 92.4 Å². The lowest BCUT2D eigenvalue weighted by Gasteiger charge is -2.05. The number of carboxylic acids is 1. The molecule has 0 aromatic rings. The third-order valence-corrected chi connectivity index (χ3v) is 1.31. The van der Waals surface area contributed by atoms with Gasteiger partial charge in [-0.05, 0) is 12.8 Å². The zero-order valence-corrected chi connectivity index (χ0v) is 9.26. The largest absolute Gasteiger partial charge is 0.692 e. The molecule has 2 amide bonds. The van der Waals surface area contributed by atoms with E-state index in [4.69, 9.17) is 30.9 Å². The number of hydrogen-bond donors (Lipinski definition) is 6. The molecule has 0 aliphatic carbocycles. The second-order valence-corrected chi connectivity index (χ2v) is 3.14. The van der Waals surface area contributed by atoms with Gasteiger partial charge in [0.15, 0.2) is 0 Å². The van der Waals surface area contributed by atoms with Gasteiger partial charge < -0.3 is 21.9 Å². The predicted molar refractivity (Wildman–Crippen MR) is 54.5 cm³/mol. The summed E-state index contributed by atoms with van der Waals surface area (Å²) in [5.41, 5.74) is 9.96. The molecule has 0 aliphatic rings. The maximum atomic E-state index is 10.2. The van der Waals surface area contributed by atoms with Crippen LogP contribution in [-0.4, -0.2) is 39.5 Å². The number of aliphatic carboxylic acids is 1. The normalized spacial score (nSPS) is 10.7. The first kappa shape index (κ1) is 17.1. The molecule has 10 heteroatoms. The monoisotopic (exact) mass is 256 g/mol. The molecule has 0 rings (SSSR count). The van der Waals surface area contributed by atoms with Crippen molar-refractivity contribution >= 4 is 20.3 Å². The molecule has 1 atom stereocenters. The molecule has 8 N–H and O–H groups in total. The van der Waals surface area contributed by atoms with Gasteiger partial charge in [0.1, 0.15) is 6.04 Å². The molecule has 0 saturated heterocycles. The molecule has 0 aromatic heterocycles. The van der Waals surface area contributed by atoms with Crippen LogP contribution in [0.25, 0.3) is 0 Å². The van der Waals surface area contributed by atoms with Crippen molar-refractivity contribution in [2.24, 2.45) is 11.5 Å². The van der Waals surface area contributed by atoms with Crippen LogP contribution in [0, 0.1) is 0 Å². The molecule has 0 aromatic carbocycles. The standard InChI is InChI=1S/C6H13N3O3.HO3P/c7-4(5(10)11)2-1-3-9-6(8)12;1-4(2)3/h4H,1-3,7H2,(H,10,11)(H3,8,9,12);(H-,1,2,3)/p+1/t4-;/m0./s1. The third-order valence-electron chi connectivity index (χ3n) is 1.31. The Hall–Kier alpha value is -1.28. The van der Waals surface area contributed by atoms with E-state index in [1.807, 2.05) is 0 Å². The number of nitrogens with two attached hydrogens (primary N) is 2. The van der Waals surface area contributed by atoms with Crippen molar-refractivity contribution in [1.82, 2.24) is 5.32 Å². The maximum Gasteiger partial charge on any atom is 0.692 e. The van der Waals surface area contributed by atoms with Crippen molar-refractivity contribution in [3.8, 4) is 0 Å². The number of rotatable bonds is 5. The Morgan fingerprint density at radius 3 is 2.12 bits per heavy atom. The Balaban J connectivity index is 0. The minimum Gasteiger partial charge on any atom is -0.480 e. The smallest absolute Gasteiger partial charge is 0.480 e. The fourth-order valence-corrected chi connectivity index (χ4v) is 0.657. The molecule has 0 heterocycles. The van der Waals surface area contributed by atoms with Crippen LogP contribution in [0.5, 0.6) is 0 Å². The van der Waals surface area contributed by atoms with Crippen molar-refractivity contribution in [3.05, 3.63) is 0 Å². The first-order chi connectivity index (χ1) is 7.27. The number of carboxylic acid groups (broad SMARTS) is 1. The van der Waals surface area contributed by atoms with Crippen LogP contribution in [0.1, 0.15) is 12.8 Å². The zero-order valence-electron chi connectivity index (χ0n) is 8.37. The Morgan fingerprint density at radius 1 is 1.38 bits per heavy atom. The highest BCUT2D eigenvalue weighted by molar-refractivity contribution is 7.30. The summed E-state index contributed by atoms with van der Waals surface area (Å²) < 4.78 is 8.70. The first-order valence-electron chi connectivity index (χ1n) is 4.14. The second-order valence-electron chi connectivity index (χ2n) is 2.63. The Bertz CT molecular complexity index is 244. The van der Waals surface area contributed by atoms with E-state index in [-0.39, 0.29) is 0 Å². The van der Waals surface area contributed by atoms with E-state index in [9.17, 15) is 9.59 Å². The number of carbonyl (C=O) groups is 2. The van der Waals surface area contributed by atoms with E-state index in [0.717, 1.165) is 0 Å². The van der Waals surface area contributed by atoms with Gasteiger partial charge in [0.2, 0.25) is 0 Å². The summed E-state index contributed by atoms with van der Waals surface area (Å²) in [5.74, 6) is -1.03. The SMILES string of the molecule is NC(=O)NCCC[C@H](N)C(=O)O.O=[P+](O)O. The Kier molecular flexibility index (Phi) is 11.0. The summed E-state index contributed by atoms with van der Waals surface area (Å²) in [7, 11) is -2.87. The van der Waals surface area contributed by atoms with Gasteiger partial charge in [0.05, 0.1) is 0 Å². The summed E-state index contributed by atoms with van der Waals surface area (Å²) >= 11 is 0. The molecule has 0 aliphatic heterocycles. The molecular formula is C6H15N3O6P+. The lowest BCUT2D eigenvalue weighted by molar-refractivity contribution is -0.138. The van der Waals surface area contributed by atoms with E-state index in [2.05, 4.69) is 5.32 Å². The molecule has 9 nitrogen and oxygen atoms in total. The molecule has 0 spiro atoms. The van der Waals surface area contributed by atoms with Gasteiger partial charge in [-0.3, -0.25) is 4.79 Å². The molecule has 94 valence electrons. The van der Waals surface area contributed by atoms with Gasteiger partial charge in [-0.15, -0.1) is 9.79 Å². The number of amides is 2. The van der Waals surface area contributed by atoms with Gasteiger partial charge >= 0.3 is 20.3 Å². The fraction of sp³-hybridized carbons (Fsp3) is 0.667. The van der Waals surface area contributed by atoms with Crippen LogP contribution >= 0.6 is 8.25 Å². The summed E-state index contributed by atoms with van der Waals surface area (Å²) in [4.78, 5) is 34.6. The molecular weight excluding hydrogens is 241 g/mol. The molecule has 0 fully saturated rings. The van der Waals surface area contributed by atoms with Gasteiger partial charge in [0, 0.05) is 11.1 Å². The summed E-state index contributed by atoms with van der Waals surface area (Å²) in [6.45, 7) is 0.357. The minimum atomic E-state index is -2.87. The summed E-state index contributed by atoms with van der Waals surface area (Å²) in [5, 5.41) is 10.7. The van der Waals surface area contributed by atoms with Crippen LogP contribution in [0.2, 0.25) is 0 Å². The number of hydrogen-bond acceptors (Lipinski definition) is 4. The van der Waals surface area contributed by atoms with E-state index in [1.165, 1.54) is 0 Å². The molecule has 0 radical (unpaired) electrons. The Morgan fingerprint density at radius 2 is 1.81 bits per heavy atom. The predicted octanol–water partition coefficient (Wildman–Crippen LogP) is -1.52. The lowest BCUT2D eigenvalue weighted by atomic mass is 10.2. The lowest BCUT2D eigenvalue weighted by Crippen LogP contribution is -2.33. The molecule has 16 heavy (non-hydrogen) atoms. The van der Waals surface area contributed by atoms with E-state index in [0.29, 0.717) is 19.4 Å². The van der Waals surface area contributed by atoms with Gasteiger partial charge in [0.25, 0.3) is 0 Å². The highest BCUT2D eigenvalue weighted by Gasteiger charge is 2.09. The highest BCUT2D eigenvalue weighted by Crippen LogP contribution is 1.98. The van der Waals surface area contributed by atoms with Crippen molar-refractivity contribution in [1.29, 1.82) is 0 Å². The number of carbonyl (C=O) groups excluding carboxylic acids is 1. The average Bonchev–Trinajstić information content (AvgIpc) is 2.10. The fourth-order valence-electron chi connectivity index (χ4n) is 0.657. The van der Waals surface area contributed by atoms with E-state index < -0.39 is 26.3 Å². The van der Waals surface area contributed by atoms with E-state index >= 15 is 0 Å².